The minimum atomic E-state index is -0.248. The highest BCUT2D eigenvalue weighted by Crippen LogP contribution is 2.27. The fourth-order valence-electron chi connectivity index (χ4n) is 2.99. The van der Waals surface area contributed by atoms with Crippen LogP contribution in [0.25, 0.3) is 0 Å². The van der Waals surface area contributed by atoms with Crippen LogP contribution in [0.3, 0.4) is 0 Å². The van der Waals surface area contributed by atoms with Gasteiger partial charge in [0.2, 0.25) is 5.91 Å². The van der Waals surface area contributed by atoms with Crippen LogP contribution >= 0.6 is 0 Å². The largest absolute Gasteiger partial charge is 0.338 e. The minimum Gasteiger partial charge on any atom is -0.338 e. The molecule has 1 aliphatic heterocycles. The lowest BCUT2D eigenvalue weighted by Crippen LogP contribution is -2.55. The van der Waals surface area contributed by atoms with Gasteiger partial charge in [0.15, 0.2) is 0 Å². The Bertz CT molecular complexity index is 616. The van der Waals surface area contributed by atoms with Gasteiger partial charge >= 0.3 is 6.03 Å². The first-order valence-corrected chi connectivity index (χ1v) is 8.12. The molecule has 0 unspecified atom stereocenters. The average molecular weight is 319 g/mol. The van der Waals surface area contributed by atoms with E-state index in [-0.39, 0.29) is 24.3 Å². The van der Waals surface area contributed by atoms with Crippen LogP contribution in [0.2, 0.25) is 0 Å². The Balaban J connectivity index is 1.45. The smallest absolute Gasteiger partial charge is 0.317 e. The zero-order valence-corrected chi connectivity index (χ0v) is 13.3. The predicted octanol–water partition coefficient (Wildman–Crippen LogP) is 1.69. The molecule has 2 aliphatic rings. The lowest BCUT2D eigenvalue weighted by Gasteiger charge is -2.34. The zero-order chi connectivity index (χ0) is 16.4. The summed E-state index contributed by atoms with van der Waals surface area (Å²) in [5, 5.41) is 2.85. The second-order valence-electron chi connectivity index (χ2n) is 6.29. The van der Waals surface area contributed by atoms with Crippen molar-refractivity contribution in [3.05, 3.63) is 35.1 Å². The molecule has 0 spiro atoms. The number of carbonyl (C=O) groups is 2. The molecule has 5 nitrogen and oxygen atoms in total. The van der Waals surface area contributed by atoms with Gasteiger partial charge in [0.25, 0.3) is 0 Å². The van der Waals surface area contributed by atoms with Gasteiger partial charge in [-0.1, -0.05) is 6.07 Å². The number of amides is 3. The molecule has 1 saturated carbocycles. The van der Waals surface area contributed by atoms with Gasteiger partial charge in [-0.15, -0.1) is 0 Å². The number of hydrogen-bond acceptors (Lipinski definition) is 2. The van der Waals surface area contributed by atoms with Crippen molar-refractivity contribution in [2.75, 3.05) is 26.2 Å². The SMILES string of the molecule is Cc1cc(F)ccc1CCNC(=O)N1CCN(C2CC2)C(=O)C1. The first-order chi connectivity index (χ1) is 11.0. The van der Waals surface area contributed by atoms with E-state index in [1.165, 1.54) is 12.1 Å². The summed E-state index contributed by atoms with van der Waals surface area (Å²) in [5.41, 5.74) is 1.90. The Morgan fingerprint density at radius 2 is 2.13 bits per heavy atom. The van der Waals surface area contributed by atoms with E-state index in [1.807, 2.05) is 11.8 Å². The maximum absolute atomic E-state index is 13.1. The third-order valence-electron chi connectivity index (χ3n) is 4.51. The molecule has 0 aromatic heterocycles. The molecule has 1 heterocycles. The number of aryl methyl sites for hydroxylation is 1. The number of hydrogen-bond donors (Lipinski definition) is 1. The lowest BCUT2D eigenvalue weighted by atomic mass is 10.1. The Kier molecular flexibility index (Phi) is 4.50. The predicted molar refractivity (Wildman–Crippen MR) is 84.5 cm³/mol. The maximum Gasteiger partial charge on any atom is 0.317 e. The van der Waals surface area contributed by atoms with Crippen LogP contribution in [0, 0.1) is 12.7 Å². The van der Waals surface area contributed by atoms with Crippen LogP contribution in [0.5, 0.6) is 0 Å². The van der Waals surface area contributed by atoms with Crippen molar-refractivity contribution >= 4 is 11.9 Å². The normalized spacial score (nSPS) is 18.3. The Morgan fingerprint density at radius 1 is 1.35 bits per heavy atom. The number of carbonyl (C=O) groups excluding carboxylic acids is 2. The van der Waals surface area contributed by atoms with E-state index in [1.54, 1.807) is 11.0 Å². The highest BCUT2D eigenvalue weighted by molar-refractivity contribution is 5.85. The molecule has 1 saturated heterocycles. The molecule has 1 aliphatic carbocycles. The molecule has 0 bridgehead atoms. The summed E-state index contributed by atoms with van der Waals surface area (Å²) in [5.74, 6) is -0.203. The Labute approximate surface area is 135 Å². The van der Waals surface area contributed by atoms with Crippen molar-refractivity contribution in [3.63, 3.8) is 0 Å². The van der Waals surface area contributed by atoms with Gasteiger partial charge in [0.05, 0.1) is 0 Å². The van der Waals surface area contributed by atoms with Gasteiger partial charge in [0, 0.05) is 25.7 Å². The maximum atomic E-state index is 13.1. The van der Waals surface area contributed by atoms with E-state index in [0.717, 1.165) is 24.0 Å². The Morgan fingerprint density at radius 3 is 2.78 bits per heavy atom. The molecule has 3 rings (SSSR count). The molecule has 124 valence electrons. The third-order valence-corrected chi connectivity index (χ3v) is 4.51. The van der Waals surface area contributed by atoms with E-state index in [0.29, 0.717) is 32.1 Å². The molecule has 1 N–H and O–H groups in total. The highest BCUT2D eigenvalue weighted by Gasteiger charge is 2.36. The minimum absolute atomic E-state index is 0.0447. The second-order valence-corrected chi connectivity index (χ2v) is 6.29. The number of halogens is 1. The van der Waals surface area contributed by atoms with Crippen LogP contribution in [-0.4, -0.2) is 54.0 Å². The molecule has 1 aromatic rings. The van der Waals surface area contributed by atoms with Crippen LogP contribution < -0.4 is 5.32 Å². The monoisotopic (exact) mass is 319 g/mol. The van der Waals surface area contributed by atoms with E-state index < -0.39 is 0 Å². The summed E-state index contributed by atoms with van der Waals surface area (Å²) in [4.78, 5) is 27.6. The summed E-state index contributed by atoms with van der Waals surface area (Å²) in [6.07, 6.45) is 2.83. The summed E-state index contributed by atoms with van der Waals surface area (Å²) < 4.78 is 13.1. The zero-order valence-electron chi connectivity index (χ0n) is 13.3. The fraction of sp³-hybridized carbons (Fsp3) is 0.529. The summed E-state index contributed by atoms with van der Waals surface area (Å²) >= 11 is 0. The first-order valence-electron chi connectivity index (χ1n) is 8.12. The standard InChI is InChI=1S/C17H22FN3O2/c1-12-10-14(18)3-2-13(12)6-7-19-17(23)20-8-9-21(15-4-5-15)16(22)11-20/h2-3,10,15H,4-9,11H2,1H3,(H,19,23). The van der Waals surface area contributed by atoms with Gasteiger partial charge in [-0.25, -0.2) is 9.18 Å². The van der Waals surface area contributed by atoms with Crippen LogP contribution in [0.1, 0.15) is 24.0 Å². The highest BCUT2D eigenvalue weighted by atomic mass is 19.1. The van der Waals surface area contributed by atoms with Gasteiger partial charge in [-0.3, -0.25) is 4.79 Å². The van der Waals surface area contributed by atoms with Crippen molar-refractivity contribution in [1.29, 1.82) is 0 Å². The van der Waals surface area contributed by atoms with Crippen LogP contribution in [0.4, 0.5) is 9.18 Å². The number of rotatable bonds is 4. The molecule has 3 amide bonds. The number of benzene rings is 1. The molecule has 0 radical (unpaired) electrons. The van der Waals surface area contributed by atoms with E-state index >= 15 is 0 Å². The summed E-state index contributed by atoms with van der Waals surface area (Å²) in [6, 6.07) is 4.88. The average Bonchev–Trinajstić information content (AvgIpc) is 3.34. The number of urea groups is 1. The van der Waals surface area contributed by atoms with E-state index in [9.17, 15) is 14.0 Å². The van der Waals surface area contributed by atoms with Crippen LogP contribution in [0.15, 0.2) is 18.2 Å². The molecule has 2 fully saturated rings. The summed E-state index contributed by atoms with van der Waals surface area (Å²) in [7, 11) is 0. The van der Waals surface area contributed by atoms with Crippen molar-refractivity contribution in [2.45, 2.75) is 32.2 Å². The van der Waals surface area contributed by atoms with Gasteiger partial charge in [0.1, 0.15) is 12.4 Å². The third kappa shape index (κ3) is 3.81. The molecule has 23 heavy (non-hydrogen) atoms. The molecular weight excluding hydrogens is 297 g/mol. The first kappa shape index (κ1) is 15.8. The van der Waals surface area contributed by atoms with E-state index in [2.05, 4.69) is 5.32 Å². The van der Waals surface area contributed by atoms with Gasteiger partial charge in [-0.05, 0) is 49.4 Å². The lowest BCUT2D eigenvalue weighted by molar-refractivity contribution is -0.135. The Hall–Kier alpha value is -2.11. The molecule has 6 heteroatoms. The summed E-state index contributed by atoms with van der Waals surface area (Å²) in [6.45, 7) is 3.72. The van der Waals surface area contributed by atoms with Crippen molar-refractivity contribution in [2.24, 2.45) is 0 Å². The number of nitrogens with zero attached hydrogens (tertiary/aromatic N) is 2. The molecular formula is C17H22FN3O2. The fourth-order valence-corrected chi connectivity index (χ4v) is 2.99. The van der Waals surface area contributed by atoms with E-state index in [4.69, 9.17) is 0 Å². The second kappa shape index (κ2) is 6.56. The number of piperazine rings is 1. The van der Waals surface area contributed by atoms with Gasteiger partial charge < -0.3 is 15.1 Å². The molecule has 0 atom stereocenters. The van der Waals surface area contributed by atoms with Crippen molar-refractivity contribution in [1.82, 2.24) is 15.1 Å². The van der Waals surface area contributed by atoms with Crippen LogP contribution in [-0.2, 0) is 11.2 Å². The number of nitrogens with one attached hydrogen (secondary N) is 1. The van der Waals surface area contributed by atoms with Crippen molar-refractivity contribution < 1.29 is 14.0 Å². The van der Waals surface area contributed by atoms with Crippen molar-refractivity contribution in [3.8, 4) is 0 Å². The van der Waals surface area contributed by atoms with Gasteiger partial charge in [-0.2, -0.15) is 0 Å². The quantitative estimate of drug-likeness (QED) is 0.918. The molecule has 1 aromatic carbocycles. The topological polar surface area (TPSA) is 52.7 Å².